The average Bonchev–Trinajstić information content (AvgIpc) is 2.77. The van der Waals surface area contributed by atoms with Gasteiger partial charge in [-0.25, -0.2) is 0 Å². The van der Waals surface area contributed by atoms with Gasteiger partial charge in [-0.05, 0) is 32.1 Å². The highest BCUT2D eigenvalue weighted by atomic mass is 14.9. The third-order valence-electron chi connectivity index (χ3n) is 4.04. The minimum absolute atomic E-state index is 0.256. The van der Waals surface area contributed by atoms with Gasteiger partial charge in [0.1, 0.15) is 0 Å². The molecule has 1 heteroatoms. The van der Waals surface area contributed by atoms with Gasteiger partial charge in [0.25, 0.3) is 0 Å². The Morgan fingerprint density at radius 1 is 1.38 bits per heavy atom. The predicted octanol–water partition coefficient (Wildman–Crippen LogP) is 4.27. The van der Waals surface area contributed by atoms with Crippen molar-refractivity contribution in [2.75, 3.05) is 6.54 Å². The average molecular weight is 221 g/mol. The molecule has 0 amide bonds. The van der Waals surface area contributed by atoms with Gasteiger partial charge < -0.3 is 5.32 Å². The Hall–Kier alpha value is -0.720. The first-order chi connectivity index (χ1) is 7.59. The summed E-state index contributed by atoms with van der Waals surface area (Å²) in [6, 6.07) is 0. The summed E-state index contributed by atoms with van der Waals surface area (Å²) < 4.78 is 0. The summed E-state index contributed by atoms with van der Waals surface area (Å²) in [4.78, 5) is 0. The molecule has 16 heavy (non-hydrogen) atoms. The van der Waals surface area contributed by atoms with Crippen LogP contribution < -0.4 is 5.32 Å². The summed E-state index contributed by atoms with van der Waals surface area (Å²) in [7, 11) is 0. The molecule has 1 fully saturated rings. The molecule has 1 aliphatic rings. The van der Waals surface area contributed by atoms with E-state index in [4.69, 9.17) is 0 Å². The Kier molecular flexibility index (Phi) is 5.11. The Morgan fingerprint density at radius 3 is 2.56 bits per heavy atom. The fourth-order valence-electron chi connectivity index (χ4n) is 2.59. The second kappa shape index (κ2) is 6.12. The minimum Gasteiger partial charge on any atom is -0.388 e. The van der Waals surface area contributed by atoms with Gasteiger partial charge in [-0.3, -0.25) is 0 Å². The molecule has 0 aromatic carbocycles. The van der Waals surface area contributed by atoms with Crippen molar-refractivity contribution in [1.29, 1.82) is 0 Å². The summed E-state index contributed by atoms with van der Waals surface area (Å²) in [6.45, 7) is 12.0. The van der Waals surface area contributed by atoms with Crippen LogP contribution in [-0.4, -0.2) is 6.54 Å². The smallest absolute Gasteiger partial charge is 0.0178 e. The van der Waals surface area contributed by atoms with Crippen molar-refractivity contribution >= 4 is 0 Å². The summed E-state index contributed by atoms with van der Waals surface area (Å²) in [6.07, 6.45) is 11.0. The van der Waals surface area contributed by atoms with Gasteiger partial charge >= 0.3 is 0 Å². The second-order valence-corrected chi connectivity index (χ2v) is 5.47. The fraction of sp³-hybridized carbons (Fsp3) is 0.733. The zero-order chi connectivity index (χ0) is 12.0. The van der Waals surface area contributed by atoms with Crippen LogP contribution in [0.5, 0.6) is 0 Å². The van der Waals surface area contributed by atoms with E-state index in [0.29, 0.717) is 0 Å². The topological polar surface area (TPSA) is 12.0 Å². The Balaban J connectivity index is 2.38. The summed E-state index contributed by atoms with van der Waals surface area (Å²) in [5.74, 6) is 0.828. The van der Waals surface area contributed by atoms with E-state index in [9.17, 15) is 0 Å². The van der Waals surface area contributed by atoms with Crippen molar-refractivity contribution in [2.45, 2.75) is 52.9 Å². The van der Waals surface area contributed by atoms with Gasteiger partial charge in [0.2, 0.25) is 0 Å². The van der Waals surface area contributed by atoms with Gasteiger partial charge in [-0.1, -0.05) is 45.4 Å². The molecule has 1 N–H and O–H groups in total. The van der Waals surface area contributed by atoms with E-state index in [1.165, 1.54) is 31.4 Å². The predicted molar refractivity (Wildman–Crippen MR) is 72.3 cm³/mol. The van der Waals surface area contributed by atoms with E-state index in [0.717, 1.165) is 18.9 Å². The van der Waals surface area contributed by atoms with E-state index in [1.807, 2.05) is 0 Å². The second-order valence-electron chi connectivity index (χ2n) is 5.47. The van der Waals surface area contributed by atoms with Gasteiger partial charge in [0.05, 0.1) is 0 Å². The molecule has 1 nitrogen and oxygen atoms in total. The zero-order valence-corrected chi connectivity index (χ0v) is 11.2. The lowest BCUT2D eigenvalue weighted by molar-refractivity contribution is 0.256. The highest BCUT2D eigenvalue weighted by Gasteiger charge is 2.33. The molecule has 1 saturated carbocycles. The molecule has 0 aromatic rings. The Labute approximate surface area is 101 Å². The maximum absolute atomic E-state index is 4.23. The Morgan fingerprint density at radius 2 is 2.00 bits per heavy atom. The summed E-state index contributed by atoms with van der Waals surface area (Å²) >= 11 is 0. The molecule has 0 spiro atoms. The third-order valence-corrected chi connectivity index (χ3v) is 4.04. The van der Waals surface area contributed by atoms with Crippen molar-refractivity contribution in [2.24, 2.45) is 11.3 Å². The standard InChI is InChI=1S/C15H27N/c1-5-6-9-12-16-13(2)15(3,4)14-10-7-8-11-14/h5-6,14,16H,2,7-12H2,1,3-4H3/b6-5+. The van der Waals surface area contributed by atoms with Gasteiger partial charge in [-0.15, -0.1) is 0 Å². The number of nitrogens with one attached hydrogen (secondary N) is 1. The zero-order valence-electron chi connectivity index (χ0n) is 11.2. The molecule has 1 aliphatic carbocycles. The molecule has 92 valence electrons. The molecule has 0 aliphatic heterocycles. The van der Waals surface area contributed by atoms with Crippen LogP contribution in [0.4, 0.5) is 0 Å². The molecule has 0 atom stereocenters. The molecule has 0 saturated heterocycles. The highest BCUT2D eigenvalue weighted by Crippen LogP contribution is 2.42. The first-order valence-corrected chi connectivity index (χ1v) is 6.63. The summed E-state index contributed by atoms with van der Waals surface area (Å²) in [5.41, 5.74) is 1.48. The van der Waals surface area contributed by atoms with Crippen LogP contribution in [0.1, 0.15) is 52.9 Å². The first-order valence-electron chi connectivity index (χ1n) is 6.63. The van der Waals surface area contributed by atoms with E-state index < -0.39 is 0 Å². The number of hydrogen-bond acceptors (Lipinski definition) is 1. The van der Waals surface area contributed by atoms with Crippen LogP contribution in [0.3, 0.4) is 0 Å². The van der Waals surface area contributed by atoms with Gasteiger partial charge in [0, 0.05) is 17.7 Å². The SMILES string of the molecule is C=C(NCC/C=C/C)C(C)(C)C1CCCC1. The molecule has 1 rings (SSSR count). The molecule has 0 bridgehead atoms. The molecule has 0 radical (unpaired) electrons. The van der Waals surface area contributed by atoms with Crippen molar-refractivity contribution in [3.63, 3.8) is 0 Å². The lowest BCUT2D eigenvalue weighted by atomic mass is 9.75. The third kappa shape index (κ3) is 3.40. The number of rotatable bonds is 6. The Bertz CT molecular complexity index is 244. The fourth-order valence-corrected chi connectivity index (χ4v) is 2.59. The maximum Gasteiger partial charge on any atom is 0.0178 e. The molecular formula is C15H27N. The van der Waals surface area contributed by atoms with Crippen LogP contribution in [-0.2, 0) is 0 Å². The van der Waals surface area contributed by atoms with Crippen LogP contribution in [0.2, 0.25) is 0 Å². The largest absolute Gasteiger partial charge is 0.388 e. The monoisotopic (exact) mass is 221 g/mol. The number of allylic oxidation sites excluding steroid dienone is 2. The molecule has 0 unspecified atom stereocenters. The highest BCUT2D eigenvalue weighted by molar-refractivity contribution is 5.08. The number of hydrogen-bond donors (Lipinski definition) is 1. The van der Waals surface area contributed by atoms with Gasteiger partial charge in [0.15, 0.2) is 0 Å². The molecule has 0 aromatic heterocycles. The minimum atomic E-state index is 0.256. The van der Waals surface area contributed by atoms with Crippen molar-refractivity contribution < 1.29 is 0 Å². The van der Waals surface area contributed by atoms with Gasteiger partial charge in [-0.2, -0.15) is 0 Å². The lowest BCUT2D eigenvalue weighted by Crippen LogP contribution is -2.32. The summed E-state index contributed by atoms with van der Waals surface area (Å²) in [5, 5.41) is 3.49. The van der Waals surface area contributed by atoms with Crippen LogP contribution in [0.15, 0.2) is 24.4 Å². The molecular weight excluding hydrogens is 194 g/mol. The van der Waals surface area contributed by atoms with E-state index in [-0.39, 0.29) is 5.41 Å². The van der Waals surface area contributed by atoms with Crippen LogP contribution >= 0.6 is 0 Å². The quantitative estimate of drug-likeness (QED) is 0.521. The van der Waals surface area contributed by atoms with Crippen molar-refractivity contribution in [1.82, 2.24) is 5.32 Å². The first kappa shape index (κ1) is 13.3. The van der Waals surface area contributed by atoms with Crippen molar-refractivity contribution in [3.8, 4) is 0 Å². The normalized spacial score (nSPS) is 18.2. The van der Waals surface area contributed by atoms with E-state index in [2.05, 4.69) is 44.8 Å². The van der Waals surface area contributed by atoms with Crippen LogP contribution in [0, 0.1) is 11.3 Å². The maximum atomic E-state index is 4.23. The van der Waals surface area contributed by atoms with E-state index in [1.54, 1.807) is 0 Å². The lowest BCUT2D eigenvalue weighted by Gasteiger charge is -2.34. The van der Waals surface area contributed by atoms with Crippen molar-refractivity contribution in [3.05, 3.63) is 24.4 Å². The van der Waals surface area contributed by atoms with E-state index >= 15 is 0 Å². The van der Waals surface area contributed by atoms with Crippen LogP contribution in [0.25, 0.3) is 0 Å². The molecule has 0 heterocycles.